The molecule has 2 rings (SSSR count). The summed E-state index contributed by atoms with van der Waals surface area (Å²) in [4.78, 5) is 11.1. The van der Waals surface area contributed by atoms with Crippen LogP contribution in [0.15, 0.2) is 29.2 Å². The molecule has 0 spiro atoms. The third-order valence-corrected chi connectivity index (χ3v) is 3.04. The van der Waals surface area contributed by atoms with Gasteiger partial charge in [-0.2, -0.15) is 0 Å². The molecule has 1 amide bonds. The molecule has 0 atom stereocenters. The topological polar surface area (TPSA) is 63.2 Å². The maximum Gasteiger partial charge on any atom is 0.266 e. The second-order valence-corrected chi connectivity index (χ2v) is 4.08. The fourth-order valence-corrected chi connectivity index (χ4v) is 2.29. The van der Waals surface area contributed by atoms with Gasteiger partial charge >= 0.3 is 0 Å². The first-order valence-corrected chi connectivity index (χ1v) is 4.76. The monoisotopic (exact) mass is 246 g/mol. The SMILES string of the molecule is O=C1NS(=O)(=O)c2ccccc21.[Cu]. The van der Waals surface area contributed by atoms with Crippen molar-refractivity contribution in [3.8, 4) is 0 Å². The van der Waals surface area contributed by atoms with Gasteiger partial charge in [0.1, 0.15) is 4.90 Å². The van der Waals surface area contributed by atoms with Crippen molar-refractivity contribution < 1.29 is 30.3 Å². The smallest absolute Gasteiger partial charge is 0.266 e. The number of hydrogen-bond acceptors (Lipinski definition) is 3. The molecule has 4 nitrogen and oxygen atoms in total. The molecule has 0 saturated heterocycles. The number of nitrogens with one attached hydrogen (secondary N) is 1. The Hall–Kier alpha value is -0.841. The Morgan fingerprint density at radius 3 is 2.38 bits per heavy atom. The summed E-state index contributed by atoms with van der Waals surface area (Å²) >= 11 is 0. The normalized spacial score (nSPS) is 17.1. The van der Waals surface area contributed by atoms with Gasteiger partial charge in [0, 0.05) is 17.1 Å². The maximum atomic E-state index is 11.1. The van der Waals surface area contributed by atoms with Crippen LogP contribution in [0.25, 0.3) is 0 Å². The van der Waals surface area contributed by atoms with E-state index in [1.807, 2.05) is 4.72 Å². The summed E-state index contributed by atoms with van der Waals surface area (Å²) in [6.07, 6.45) is 0. The summed E-state index contributed by atoms with van der Waals surface area (Å²) in [5, 5.41) is 0. The summed E-state index contributed by atoms with van der Waals surface area (Å²) in [6.45, 7) is 0. The van der Waals surface area contributed by atoms with Crippen LogP contribution in [0.5, 0.6) is 0 Å². The molecule has 0 fully saturated rings. The largest absolute Gasteiger partial charge is 0.268 e. The Morgan fingerprint density at radius 2 is 1.77 bits per heavy atom. The average Bonchev–Trinajstić information content (AvgIpc) is 2.25. The fourth-order valence-electron chi connectivity index (χ4n) is 1.12. The summed E-state index contributed by atoms with van der Waals surface area (Å²) < 4.78 is 24.2. The first-order valence-electron chi connectivity index (χ1n) is 3.27. The molecule has 1 aromatic carbocycles. The van der Waals surface area contributed by atoms with Crippen LogP contribution >= 0.6 is 0 Å². The minimum Gasteiger partial charge on any atom is -0.268 e. The zero-order valence-electron chi connectivity index (χ0n) is 6.24. The van der Waals surface area contributed by atoms with Crippen molar-refractivity contribution in [2.24, 2.45) is 0 Å². The third-order valence-electron chi connectivity index (χ3n) is 1.65. The Bertz CT molecular complexity index is 455. The van der Waals surface area contributed by atoms with Crippen molar-refractivity contribution in [2.45, 2.75) is 4.90 Å². The molecule has 13 heavy (non-hydrogen) atoms. The Labute approximate surface area is 85.9 Å². The van der Waals surface area contributed by atoms with E-state index in [-0.39, 0.29) is 27.5 Å². The van der Waals surface area contributed by atoms with E-state index in [2.05, 4.69) is 0 Å². The molecule has 0 saturated carbocycles. The maximum absolute atomic E-state index is 11.1. The molecule has 6 heteroatoms. The quantitative estimate of drug-likeness (QED) is 0.662. The van der Waals surface area contributed by atoms with Crippen molar-refractivity contribution in [3.05, 3.63) is 29.8 Å². The number of rotatable bonds is 0. The van der Waals surface area contributed by atoms with Crippen LogP contribution in [-0.4, -0.2) is 14.3 Å². The zero-order chi connectivity index (χ0) is 8.77. The molecule has 0 aliphatic carbocycles. The van der Waals surface area contributed by atoms with Gasteiger partial charge in [-0.3, -0.25) is 4.79 Å². The molecular formula is C7H5CuNO3S. The Kier molecular flexibility index (Phi) is 2.47. The molecule has 1 radical (unpaired) electrons. The molecule has 0 bridgehead atoms. The van der Waals surface area contributed by atoms with Gasteiger partial charge in [-0.15, -0.1) is 0 Å². The van der Waals surface area contributed by atoms with Crippen molar-refractivity contribution in [1.82, 2.24) is 4.72 Å². The molecule has 73 valence electrons. The van der Waals surface area contributed by atoms with Crippen molar-refractivity contribution in [3.63, 3.8) is 0 Å². The summed E-state index contributed by atoms with van der Waals surface area (Å²) in [5.74, 6) is -0.550. The van der Waals surface area contributed by atoms with E-state index in [0.29, 0.717) is 0 Å². The zero-order valence-corrected chi connectivity index (χ0v) is 8.00. The summed E-state index contributed by atoms with van der Waals surface area (Å²) in [6, 6.07) is 6.09. The van der Waals surface area contributed by atoms with E-state index in [4.69, 9.17) is 0 Å². The first kappa shape index (κ1) is 10.2. The van der Waals surface area contributed by atoms with Crippen LogP contribution in [-0.2, 0) is 27.1 Å². The van der Waals surface area contributed by atoms with Crippen LogP contribution in [0.4, 0.5) is 0 Å². The van der Waals surface area contributed by atoms with Crippen LogP contribution in [0.2, 0.25) is 0 Å². The average molecular weight is 247 g/mol. The van der Waals surface area contributed by atoms with Gasteiger partial charge in [0.05, 0.1) is 5.56 Å². The molecule has 0 aromatic heterocycles. The third kappa shape index (κ3) is 1.48. The molecule has 1 aromatic rings. The number of carbonyl (C=O) groups excluding carboxylic acids is 1. The van der Waals surface area contributed by atoms with E-state index in [1.165, 1.54) is 12.1 Å². The van der Waals surface area contributed by atoms with E-state index in [1.54, 1.807) is 12.1 Å². The summed E-state index contributed by atoms with van der Waals surface area (Å²) in [7, 11) is -3.55. The second kappa shape index (κ2) is 3.14. The molecule has 0 unspecified atom stereocenters. The number of fused-ring (bicyclic) bond motifs is 1. The standard InChI is InChI=1S/C7H5NO3S.Cu/c9-7-5-3-1-2-4-6(5)12(10,11)8-7;/h1-4H,(H,8,9);. The molecule has 1 aliphatic heterocycles. The Morgan fingerprint density at radius 1 is 1.15 bits per heavy atom. The number of carbonyl (C=O) groups is 1. The summed E-state index contributed by atoms with van der Waals surface area (Å²) in [5.41, 5.74) is 0.220. The van der Waals surface area contributed by atoms with Crippen LogP contribution in [0, 0.1) is 0 Å². The van der Waals surface area contributed by atoms with Gasteiger partial charge in [0.15, 0.2) is 0 Å². The van der Waals surface area contributed by atoms with E-state index < -0.39 is 15.9 Å². The molecule has 1 N–H and O–H groups in total. The van der Waals surface area contributed by atoms with Gasteiger partial charge in [-0.05, 0) is 12.1 Å². The van der Waals surface area contributed by atoms with E-state index in [0.717, 1.165) is 0 Å². The van der Waals surface area contributed by atoms with Crippen LogP contribution in [0.3, 0.4) is 0 Å². The van der Waals surface area contributed by atoms with Crippen molar-refractivity contribution >= 4 is 15.9 Å². The Balaban J connectivity index is 0.000000845. The predicted octanol–water partition coefficient (Wildman–Crippen LogP) is 0.116. The van der Waals surface area contributed by atoms with Crippen molar-refractivity contribution in [1.29, 1.82) is 0 Å². The minimum atomic E-state index is -3.55. The van der Waals surface area contributed by atoms with Crippen LogP contribution in [0.1, 0.15) is 10.4 Å². The molecule has 1 aliphatic rings. The van der Waals surface area contributed by atoms with Gasteiger partial charge in [0.2, 0.25) is 0 Å². The van der Waals surface area contributed by atoms with Gasteiger partial charge in [-0.25, -0.2) is 13.1 Å². The van der Waals surface area contributed by atoms with Crippen molar-refractivity contribution in [2.75, 3.05) is 0 Å². The fraction of sp³-hybridized carbons (Fsp3) is 0. The molecule has 1 heterocycles. The van der Waals surface area contributed by atoms with Gasteiger partial charge < -0.3 is 0 Å². The van der Waals surface area contributed by atoms with E-state index in [9.17, 15) is 13.2 Å². The predicted molar refractivity (Wildman–Crippen MR) is 41.1 cm³/mol. The first-order chi connectivity index (χ1) is 5.61. The second-order valence-electron chi connectivity index (χ2n) is 2.43. The van der Waals surface area contributed by atoms with Crippen LogP contribution < -0.4 is 4.72 Å². The van der Waals surface area contributed by atoms with Gasteiger partial charge in [0.25, 0.3) is 15.9 Å². The van der Waals surface area contributed by atoms with E-state index >= 15 is 0 Å². The minimum absolute atomic E-state index is 0. The molecular weight excluding hydrogens is 242 g/mol. The number of sulfonamides is 1. The van der Waals surface area contributed by atoms with Gasteiger partial charge in [-0.1, -0.05) is 12.1 Å². The number of benzene rings is 1. The number of amides is 1. The number of hydrogen-bond donors (Lipinski definition) is 1.